The Morgan fingerprint density at radius 2 is 2.08 bits per heavy atom. The summed E-state index contributed by atoms with van der Waals surface area (Å²) in [6.45, 7) is 3.07. The first kappa shape index (κ1) is 19.3. The van der Waals surface area contributed by atoms with Crippen molar-refractivity contribution in [1.29, 1.82) is 0 Å². The molecule has 0 saturated heterocycles. The highest BCUT2D eigenvalue weighted by Crippen LogP contribution is 2.30. The van der Waals surface area contributed by atoms with E-state index < -0.39 is 10.0 Å². The first-order valence-electron chi connectivity index (χ1n) is 8.07. The van der Waals surface area contributed by atoms with Crippen molar-refractivity contribution in [2.45, 2.75) is 25.8 Å². The van der Waals surface area contributed by atoms with Crippen LogP contribution in [0.1, 0.15) is 18.9 Å². The molecule has 0 bridgehead atoms. The van der Waals surface area contributed by atoms with E-state index in [0.29, 0.717) is 31.0 Å². The lowest BCUT2D eigenvalue weighted by molar-refractivity contribution is 0.590. The van der Waals surface area contributed by atoms with Crippen LogP contribution in [-0.4, -0.2) is 46.3 Å². The summed E-state index contributed by atoms with van der Waals surface area (Å²) < 4.78 is 26.7. The molecule has 1 saturated carbocycles. The summed E-state index contributed by atoms with van der Waals surface area (Å²) in [5, 5.41) is 6.39. The molecule has 8 heteroatoms. The lowest BCUT2D eigenvalue weighted by Crippen LogP contribution is -2.43. The van der Waals surface area contributed by atoms with Crippen molar-refractivity contribution < 1.29 is 8.42 Å². The van der Waals surface area contributed by atoms with Crippen molar-refractivity contribution in [3.8, 4) is 0 Å². The van der Waals surface area contributed by atoms with E-state index in [9.17, 15) is 8.42 Å². The first-order valence-corrected chi connectivity index (χ1v) is 9.67. The van der Waals surface area contributed by atoms with Crippen molar-refractivity contribution in [2.75, 3.05) is 30.2 Å². The van der Waals surface area contributed by atoms with Gasteiger partial charge in [0.2, 0.25) is 10.0 Å². The van der Waals surface area contributed by atoms with Crippen molar-refractivity contribution in [3.63, 3.8) is 0 Å². The van der Waals surface area contributed by atoms with Gasteiger partial charge in [-0.2, -0.15) is 0 Å². The molecule has 2 atom stereocenters. The van der Waals surface area contributed by atoms with Crippen molar-refractivity contribution >= 4 is 45.6 Å². The summed E-state index contributed by atoms with van der Waals surface area (Å²) >= 11 is 0. The zero-order valence-corrected chi connectivity index (χ0v) is 17.2. The third-order valence-corrected chi connectivity index (χ3v) is 6.26. The molecule has 0 radical (unpaired) electrons. The van der Waals surface area contributed by atoms with Crippen LogP contribution >= 0.6 is 24.0 Å². The predicted octanol–water partition coefficient (Wildman–Crippen LogP) is 1.57. The van der Waals surface area contributed by atoms with E-state index in [0.717, 1.165) is 24.1 Å². The van der Waals surface area contributed by atoms with Gasteiger partial charge in [-0.15, -0.1) is 24.0 Å². The van der Waals surface area contributed by atoms with Crippen molar-refractivity contribution in [3.05, 3.63) is 29.8 Å². The standard InChI is InChI=1S/C16H24N4O2S.HI/c1-12-11-14(12)19-16(17-2)18-8-10-23(21,22)20-9-7-13-5-3-4-6-15(13)20;/h3-6,12,14H,7-11H2,1-2H3,(H2,17,18,19);1H. The Kier molecular flexibility index (Phi) is 6.35. The molecule has 0 amide bonds. The number of anilines is 1. The van der Waals surface area contributed by atoms with Crippen LogP contribution in [0.15, 0.2) is 29.3 Å². The summed E-state index contributed by atoms with van der Waals surface area (Å²) in [6, 6.07) is 8.16. The zero-order chi connectivity index (χ0) is 16.4. The number of para-hydroxylation sites is 1. The fraction of sp³-hybridized carbons (Fsp3) is 0.562. The van der Waals surface area contributed by atoms with Gasteiger partial charge in [-0.25, -0.2) is 8.42 Å². The monoisotopic (exact) mass is 464 g/mol. The number of hydrogen-bond acceptors (Lipinski definition) is 3. The average molecular weight is 464 g/mol. The molecule has 1 heterocycles. The normalized spacial score (nSPS) is 22.6. The van der Waals surface area contributed by atoms with Gasteiger partial charge in [0, 0.05) is 26.2 Å². The summed E-state index contributed by atoms with van der Waals surface area (Å²) in [5.41, 5.74) is 1.92. The zero-order valence-electron chi connectivity index (χ0n) is 14.0. The Bertz CT molecular complexity index is 708. The first-order chi connectivity index (χ1) is 11.0. The largest absolute Gasteiger partial charge is 0.355 e. The fourth-order valence-corrected chi connectivity index (χ4v) is 4.33. The van der Waals surface area contributed by atoms with Gasteiger partial charge < -0.3 is 10.6 Å². The van der Waals surface area contributed by atoms with E-state index in [4.69, 9.17) is 0 Å². The third-order valence-electron chi connectivity index (χ3n) is 4.49. The van der Waals surface area contributed by atoms with Crippen molar-refractivity contribution in [1.82, 2.24) is 10.6 Å². The summed E-state index contributed by atoms with van der Waals surface area (Å²) in [6.07, 6.45) is 1.93. The van der Waals surface area contributed by atoms with Gasteiger partial charge in [0.15, 0.2) is 5.96 Å². The molecule has 1 aromatic rings. The maximum absolute atomic E-state index is 12.6. The molecule has 134 valence electrons. The maximum atomic E-state index is 12.6. The van der Waals surface area contributed by atoms with Crippen LogP contribution in [0.2, 0.25) is 0 Å². The van der Waals surface area contributed by atoms with E-state index in [1.54, 1.807) is 7.05 Å². The molecule has 6 nitrogen and oxygen atoms in total. The van der Waals surface area contributed by atoms with E-state index in [1.807, 2.05) is 24.3 Å². The number of guanidine groups is 1. The molecule has 0 aromatic heterocycles. The van der Waals surface area contributed by atoms with Crippen LogP contribution in [0, 0.1) is 5.92 Å². The minimum absolute atomic E-state index is 0. The lowest BCUT2D eigenvalue weighted by Gasteiger charge is -2.20. The number of fused-ring (bicyclic) bond motifs is 1. The number of nitrogens with one attached hydrogen (secondary N) is 2. The van der Waals surface area contributed by atoms with E-state index in [-0.39, 0.29) is 29.7 Å². The second kappa shape index (κ2) is 7.90. The molecule has 1 aliphatic carbocycles. The van der Waals surface area contributed by atoms with Gasteiger partial charge in [0.1, 0.15) is 0 Å². The molecule has 1 aliphatic heterocycles. The lowest BCUT2D eigenvalue weighted by atomic mass is 10.2. The smallest absolute Gasteiger partial charge is 0.236 e. The Morgan fingerprint density at radius 3 is 2.75 bits per heavy atom. The number of hydrogen-bond donors (Lipinski definition) is 2. The molecule has 0 spiro atoms. The fourth-order valence-electron chi connectivity index (χ4n) is 2.90. The molecule has 3 rings (SSSR count). The van der Waals surface area contributed by atoms with Gasteiger partial charge in [-0.3, -0.25) is 9.30 Å². The number of aliphatic imine (C=N–C) groups is 1. The van der Waals surface area contributed by atoms with Gasteiger partial charge in [-0.1, -0.05) is 25.1 Å². The molecule has 1 fully saturated rings. The summed E-state index contributed by atoms with van der Waals surface area (Å²) in [5.74, 6) is 1.40. The van der Waals surface area contributed by atoms with Crippen LogP contribution in [0.5, 0.6) is 0 Å². The molecular formula is C16H25IN4O2S. The highest BCUT2D eigenvalue weighted by molar-refractivity contribution is 14.0. The topological polar surface area (TPSA) is 73.8 Å². The molecule has 2 unspecified atom stereocenters. The minimum Gasteiger partial charge on any atom is -0.355 e. The summed E-state index contributed by atoms with van der Waals surface area (Å²) in [7, 11) is -1.61. The quantitative estimate of drug-likeness (QED) is 0.394. The van der Waals surface area contributed by atoms with E-state index in [1.165, 1.54) is 4.31 Å². The minimum atomic E-state index is -3.31. The number of rotatable bonds is 5. The van der Waals surface area contributed by atoms with Gasteiger partial charge >= 0.3 is 0 Å². The van der Waals surface area contributed by atoms with Crippen LogP contribution in [0.3, 0.4) is 0 Å². The Hall–Kier alpha value is -1.03. The Labute approximate surface area is 161 Å². The van der Waals surface area contributed by atoms with Gasteiger partial charge in [0.25, 0.3) is 0 Å². The van der Waals surface area contributed by atoms with Crippen LogP contribution < -0.4 is 14.9 Å². The number of benzene rings is 1. The number of sulfonamides is 1. The van der Waals surface area contributed by atoms with E-state index in [2.05, 4.69) is 22.5 Å². The number of halogens is 1. The molecule has 2 aliphatic rings. The molecule has 2 N–H and O–H groups in total. The third kappa shape index (κ3) is 4.33. The van der Waals surface area contributed by atoms with Gasteiger partial charge in [0.05, 0.1) is 11.4 Å². The molecule has 1 aromatic carbocycles. The Balaban J connectivity index is 0.00000208. The van der Waals surface area contributed by atoms with Crippen LogP contribution in [0.4, 0.5) is 5.69 Å². The van der Waals surface area contributed by atoms with Crippen LogP contribution in [0.25, 0.3) is 0 Å². The van der Waals surface area contributed by atoms with Crippen LogP contribution in [-0.2, 0) is 16.4 Å². The second-order valence-electron chi connectivity index (χ2n) is 6.23. The maximum Gasteiger partial charge on any atom is 0.236 e. The highest BCUT2D eigenvalue weighted by atomic mass is 127. The summed E-state index contributed by atoms with van der Waals surface area (Å²) in [4.78, 5) is 4.14. The Morgan fingerprint density at radius 1 is 1.38 bits per heavy atom. The second-order valence-corrected chi connectivity index (χ2v) is 8.24. The van der Waals surface area contributed by atoms with E-state index >= 15 is 0 Å². The molecular weight excluding hydrogens is 439 g/mol. The average Bonchev–Trinajstić information content (AvgIpc) is 3.05. The SMILES string of the molecule is CN=C(NCCS(=O)(=O)N1CCc2ccccc21)NC1CC1C.I. The van der Waals surface area contributed by atoms with Crippen molar-refractivity contribution in [2.24, 2.45) is 10.9 Å². The number of nitrogens with zero attached hydrogens (tertiary/aromatic N) is 2. The highest BCUT2D eigenvalue weighted by Gasteiger charge is 2.33. The predicted molar refractivity (Wildman–Crippen MR) is 109 cm³/mol. The van der Waals surface area contributed by atoms with Gasteiger partial charge in [-0.05, 0) is 30.4 Å². The molecule has 24 heavy (non-hydrogen) atoms.